The molecule has 0 bridgehead atoms. The van der Waals surface area contributed by atoms with Crippen LogP contribution in [0.15, 0.2) is 24.3 Å². The SMILES string of the molecule is [B]C([B])(O)NC(=O)c1nnc(NC(=O)C2CC2)cc1Nc1cccc(C(=O)OC)c1OC. The van der Waals surface area contributed by atoms with Gasteiger partial charge in [-0.3, -0.25) is 9.59 Å². The van der Waals surface area contributed by atoms with Gasteiger partial charge in [-0.2, -0.15) is 0 Å². The minimum atomic E-state index is -2.50. The Hall–Kier alpha value is -3.60. The first kappa shape index (κ1) is 23.1. The number of esters is 1. The Morgan fingerprint density at radius 3 is 2.47 bits per heavy atom. The number of methoxy groups -OCH3 is 2. The van der Waals surface area contributed by atoms with Crippen molar-refractivity contribution in [2.75, 3.05) is 24.9 Å². The Balaban J connectivity index is 2.01. The van der Waals surface area contributed by atoms with Crippen LogP contribution in [0.1, 0.15) is 33.7 Å². The van der Waals surface area contributed by atoms with E-state index in [0.29, 0.717) is 0 Å². The molecule has 11 nitrogen and oxygen atoms in total. The van der Waals surface area contributed by atoms with Gasteiger partial charge in [-0.1, -0.05) is 6.07 Å². The monoisotopic (exact) mass is 435 g/mol. The first-order valence-electron chi connectivity index (χ1n) is 9.46. The number of anilines is 3. The van der Waals surface area contributed by atoms with Crippen LogP contribution in [0, 0.1) is 5.92 Å². The minimum absolute atomic E-state index is 0.0631. The Bertz CT molecular complexity index is 1050. The number of ether oxygens (including phenoxy) is 2. The predicted octanol–water partition coefficient (Wildman–Crippen LogP) is 0.0343. The van der Waals surface area contributed by atoms with E-state index in [2.05, 4.69) is 20.8 Å². The van der Waals surface area contributed by atoms with Gasteiger partial charge in [0.25, 0.3) is 5.91 Å². The Kier molecular flexibility index (Phi) is 6.68. The van der Waals surface area contributed by atoms with E-state index in [0.717, 1.165) is 12.8 Å². The zero-order chi connectivity index (χ0) is 23.5. The van der Waals surface area contributed by atoms with Gasteiger partial charge in [-0.25, -0.2) is 4.79 Å². The summed E-state index contributed by atoms with van der Waals surface area (Å²) in [6.07, 6.45) is 1.57. The molecule has 0 saturated heterocycles. The Morgan fingerprint density at radius 1 is 1.16 bits per heavy atom. The van der Waals surface area contributed by atoms with Gasteiger partial charge in [0, 0.05) is 17.5 Å². The highest BCUT2D eigenvalue weighted by Gasteiger charge is 2.30. The number of rotatable bonds is 8. The van der Waals surface area contributed by atoms with Crippen molar-refractivity contribution in [2.24, 2.45) is 5.92 Å². The molecule has 3 rings (SSSR count). The number of carbonyl (C=O) groups is 3. The summed E-state index contributed by atoms with van der Waals surface area (Å²) in [5.41, 5.74) is -2.32. The van der Waals surface area contributed by atoms with Crippen LogP contribution >= 0.6 is 0 Å². The lowest BCUT2D eigenvalue weighted by Crippen LogP contribution is -2.49. The van der Waals surface area contributed by atoms with E-state index >= 15 is 0 Å². The van der Waals surface area contributed by atoms with Crippen LogP contribution in [0.2, 0.25) is 0 Å². The fourth-order valence-electron chi connectivity index (χ4n) is 2.80. The van der Waals surface area contributed by atoms with Crippen LogP contribution in [0.5, 0.6) is 5.75 Å². The minimum Gasteiger partial charge on any atom is -0.494 e. The van der Waals surface area contributed by atoms with E-state index < -0.39 is 17.4 Å². The molecule has 32 heavy (non-hydrogen) atoms. The van der Waals surface area contributed by atoms with Gasteiger partial charge >= 0.3 is 5.97 Å². The van der Waals surface area contributed by atoms with E-state index in [1.165, 1.54) is 26.4 Å². The highest BCUT2D eigenvalue weighted by Crippen LogP contribution is 2.34. The number of aromatic nitrogens is 2. The number of nitrogens with one attached hydrogen (secondary N) is 3. The van der Waals surface area contributed by atoms with Gasteiger partial charge in [0.1, 0.15) is 21.3 Å². The van der Waals surface area contributed by atoms with Crippen molar-refractivity contribution >= 4 is 50.7 Å². The van der Waals surface area contributed by atoms with Crippen LogP contribution in [0.3, 0.4) is 0 Å². The molecule has 0 unspecified atom stereocenters. The summed E-state index contributed by atoms with van der Waals surface area (Å²) in [4.78, 5) is 36.7. The topological polar surface area (TPSA) is 152 Å². The summed E-state index contributed by atoms with van der Waals surface area (Å²) >= 11 is 0. The molecule has 1 aromatic heterocycles. The Morgan fingerprint density at radius 2 is 1.88 bits per heavy atom. The van der Waals surface area contributed by atoms with Crippen molar-refractivity contribution < 1.29 is 29.0 Å². The fraction of sp³-hybridized carbons (Fsp3) is 0.316. The van der Waals surface area contributed by atoms with E-state index in [1.807, 2.05) is 5.32 Å². The smallest absolute Gasteiger partial charge is 0.341 e. The first-order chi connectivity index (χ1) is 15.1. The molecule has 1 aliphatic carbocycles. The van der Waals surface area contributed by atoms with Gasteiger partial charge in [0.15, 0.2) is 17.3 Å². The molecular weight excluding hydrogens is 416 g/mol. The molecule has 2 amide bonds. The van der Waals surface area contributed by atoms with Crippen molar-refractivity contribution in [3.05, 3.63) is 35.5 Å². The van der Waals surface area contributed by atoms with Gasteiger partial charge in [0.2, 0.25) is 5.91 Å². The van der Waals surface area contributed by atoms with E-state index in [4.69, 9.17) is 25.2 Å². The number of hydrogen-bond acceptors (Lipinski definition) is 9. The van der Waals surface area contributed by atoms with Crippen molar-refractivity contribution in [2.45, 2.75) is 18.4 Å². The normalized spacial score (nSPS) is 13.1. The second-order valence-corrected chi connectivity index (χ2v) is 7.04. The fourth-order valence-corrected chi connectivity index (χ4v) is 2.80. The Labute approximate surface area is 186 Å². The number of benzene rings is 1. The van der Waals surface area contributed by atoms with Gasteiger partial charge in [-0.15, -0.1) is 10.2 Å². The molecule has 4 radical (unpaired) electrons. The average Bonchev–Trinajstić information content (AvgIpc) is 3.57. The van der Waals surface area contributed by atoms with Crippen molar-refractivity contribution in [3.63, 3.8) is 0 Å². The maximum absolute atomic E-state index is 12.5. The van der Waals surface area contributed by atoms with Crippen molar-refractivity contribution in [3.8, 4) is 5.75 Å². The van der Waals surface area contributed by atoms with Crippen LogP contribution in [0.4, 0.5) is 17.2 Å². The lowest BCUT2D eigenvalue weighted by Gasteiger charge is -2.21. The number of nitrogens with zero attached hydrogens (tertiary/aromatic N) is 2. The number of carbonyl (C=O) groups excluding carboxylic acids is 3. The molecule has 0 aliphatic heterocycles. The van der Waals surface area contributed by atoms with E-state index in [1.54, 1.807) is 12.1 Å². The van der Waals surface area contributed by atoms with Crippen LogP contribution in [-0.2, 0) is 9.53 Å². The number of amides is 2. The molecule has 2 aromatic rings. The summed E-state index contributed by atoms with van der Waals surface area (Å²) in [5, 5.41) is 24.7. The highest BCUT2D eigenvalue weighted by atomic mass is 16.5. The molecule has 1 aliphatic rings. The largest absolute Gasteiger partial charge is 0.494 e. The summed E-state index contributed by atoms with van der Waals surface area (Å²) < 4.78 is 10.1. The molecule has 13 heteroatoms. The lowest BCUT2D eigenvalue weighted by atomic mass is 9.73. The lowest BCUT2D eigenvalue weighted by molar-refractivity contribution is -0.117. The van der Waals surface area contributed by atoms with E-state index in [-0.39, 0.29) is 46.0 Å². The zero-order valence-electron chi connectivity index (χ0n) is 17.3. The molecule has 4 N–H and O–H groups in total. The molecule has 162 valence electrons. The van der Waals surface area contributed by atoms with Crippen LogP contribution in [-0.4, -0.2) is 68.5 Å². The molecular formula is C19H19B2N5O6. The molecule has 1 saturated carbocycles. The molecule has 1 aromatic carbocycles. The molecule has 1 fully saturated rings. The summed E-state index contributed by atoms with van der Waals surface area (Å²) in [5.74, 6) is -1.66. The second kappa shape index (κ2) is 9.26. The molecule has 0 atom stereocenters. The number of hydrogen-bond donors (Lipinski definition) is 4. The van der Waals surface area contributed by atoms with E-state index in [9.17, 15) is 19.5 Å². The summed E-state index contributed by atoms with van der Waals surface area (Å²) in [6.45, 7) is 0. The van der Waals surface area contributed by atoms with Gasteiger partial charge < -0.3 is 30.5 Å². The van der Waals surface area contributed by atoms with Crippen molar-refractivity contribution in [1.82, 2.24) is 15.5 Å². The second-order valence-electron chi connectivity index (χ2n) is 7.04. The third kappa shape index (κ3) is 5.55. The third-order valence-electron chi connectivity index (χ3n) is 4.42. The third-order valence-corrected chi connectivity index (χ3v) is 4.42. The predicted molar refractivity (Wildman–Crippen MR) is 115 cm³/mol. The molecule has 1 heterocycles. The standard InChI is InChI=1S/C19H19B2N5O6/c1-31-15-10(18(29)32-2)4-3-5-11(15)22-12-8-13(23-16(27)9-6-7-9)25-26-14(12)17(28)24-19(20,21)30/h3-5,8-9,30H,6-7H2,1-2H3,(H,24,28)(H2,22,23,25,27). The zero-order valence-corrected chi connectivity index (χ0v) is 17.3. The first-order valence-corrected chi connectivity index (χ1v) is 9.46. The van der Waals surface area contributed by atoms with Gasteiger partial charge in [0.05, 0.1) is 25.6 Å². The van der Waals surface area contributed by atoms with Crippen LogP contribution < -0.4 is 20.7 Å². The summed E-state index contributed by atoms with van der Waals surface area (Å²) in [6, 6.07) is 6.01. The van der Waals surface area contributed by atoms with Gasteiger partial charge in [-0.05, 0) is 25.0 Å². The molecule has 0 spiro atoms. The maximum Gasteiger partial charge on any atom is 0.341 e. The quantitative estimate of drug-likeness (QED) is 0.256. The maximum atomic E-state index is 12.5. The summed E-state index contributed by atoms with van der Waals surface area (Å²) in [7, 11) is 13.0. The van der Waals surface area contributed by atoms with Crippen molar-refractivity contribution in [1.29, 1.82) is 0 Å². The highest BCUT2D eigenvalue weighted by molar-refractivity contribution is 6.39. The van der Waals surface area contributed by atoms with Crippen LogP contribution in [0.25, 0.3) is 0 Å². The number of para-hydroxylation sites is 1. The number of aliphatic hydroxyl groups is 1. The average molecular weight is 435 g/mol.